The zero-order valence-electron chi connectivity index (χ0n) is 8.73. The highest BCUT2D eigenvalue weighted by Gasteiger charge is 1.89. The van der Waals surface area contributed by atoms with Crippen molar-refractivity contribution < 1.29 is 0 Å². The molecule has 0 radical (unpaired) electrons. The van der Waals surface area contributed by atoms with Gasteiger partial charge in [-0.2, -0.15) is 5.10 Å². The number of rotatable bonds is 4. The van der Waals surface area contributed by atoms with Crippen molar-refractivity contribution in [1.82, 2.24) is 10.7 Å². The molecule has 0 bridgehead atoms. The highest BCUT2D eigenvalue weighted by molar-refractivity contribution is 7.80. The van der Waals surface area contributed by atoms with E-state index in [0.717, 1.165) is 12.8 Å². The minimum atomic E-state index is 0.533. The Kier molecular flexibility index (Phi) is 5.40. The number of hydrogen-bond donors (Lipinski definition) is 2. The first-order valence-corrected chi connectivity index (χ1v) is 5.27. The molecule has 1 aromatic carbocycles. The predicted molar refractivity (Wildman–Crippen MR) is 68.0 cm³/mol. The molecule has 0 saturated heterocycles. The fraction of sp³-hybridized carbons (Fsp3) is 0.273. The van der Waals surface area contributed by atoms with Gasteiger partial charge in [-0.05, 0) is 30.6 Å². The van der Waals surface area contributed by atoms with Gasteiger partial charge in [0.25, 0.3) is 0 Å². The van der Waals surface area contributed by atoms with E-state index in [1.807, 2.05) is 24.4 Å². The van der Waals surface area contributed by atoms with Crippen LogP contribution in [-0.2, 0) is 6.42 Å². The summed E-state index contributed by atoms with van der Waals surface area (Å²) in [7, 11) is 1.76. The Morgan fingerprint density at radius 2 is 2.13 bits per heavy atom. The van der Waals surface area contributed by atoms with Gasteiger partial charge < -0.3 is 5.32 Å². The Balaban J connectivity index is 2.19. The van der Waals surface area contributed by atoms with Crippen molar-refractivity contribution in [2.45, 2.75) is 12.8 Å². The SMILES string of the molecule is CNC(=S)N/N=C/CCc1ccccc1. The van der Waals surface area contributed by atoms with E-state index in [2.05, 4.69) is 28.0 Å². The molecule has 0 aromatic heterocycles. The van der Waals surface area contributed by atoms with Gasteiger partial charge in [-0.25, -0.2) is 0 Å². The van der Waals surface area contributed by atoms with E-state index in [1.165, 1.54) is 5.56 Å². The van der Waals surface area contributed by atoms with E-state index >= 15 is 0 Å². The third-order valence-electron chi connectivity index (χ3n) is 1.89. The van der Waals surface area contributed by atoms with Crippen molar-refractivity contribution in [3.63, 3.8) is 0 Å². The fourth-order valence-corrected chi connectivity index (χ4v) is 1.15. The molecule has 0 heterocycles. The molecule has 1 rings (SSSR count). The molecule has 15 heavy (non-hydrogen) atoms. The van der Waals surface area contributed by atoms with Gasteiger partial charge in [-0.3, -0.25) is 5.43 Å². The summed E-state index contributed by atoms with van der Waals surface area (Å²) in [4.78, 5) is 0. The molecule has 3 nitrogen and oxygen atoms in total. The van der Waals surface area contributed by atoms with Crippen LogP contribution >= 0.6 is 12.2 Å². The first-order chi connectivity index (χ1) is 7.33. The number of thiocarbonyl (C=S) groups is 1. The van der Waals surface area contributed by atoms with E-state index in [0.29, 0.717) is 5.11 Å². The highest BCUT2D eigenvalue weighted by atomic mass is 32.1. The number of nitrogens with zero attached hydrogens (tertiary/aromatic N) is 1. The molecular weight excluding hydrogens is 206 g/mol. The van der Waals surface area contributed by atoms with Gasteiger partial charge in [0, 0.05) is 13.3 Å². The van der Waals surface area contributed by atoms with E-state index in [1.54, 1.807) is 7.05 Å². The lowest BCUT2D eigenvalue weighted by atomic mass is 10.1. The molecule has 0 atom stereocenters. The molecular formula is C11H15N3S. The van der Waals surface area contributed by atoms with Crippen LogP contribution < -0.4 is 10.7 Å². The molecule has 2 N–H and O–H groups in total. The van der Waals surface area contributed by atoms with Crippen LogP contribution in [-0.4, -0.2) is 18.4 Å². The quantitative estimate of drug-likeness (QED) is 0.461. The zero-order chi connectivity index (χ0) is 10.9. The predicted octanol–water partition coefficient (Wildman–Crippen LogP) is 1.70. The number of nitrogens with one attached hydrogen (secondary N) is 2. The second kappa shape index (κ2) is 6.95. The van der Waals surface area contributed by atoms with Crippen molar-refractivity contribution in [2.75, 3.05) is 7.05 Å². The third kappa shape index (κ3) is 5.12. The standard InChI is InChI=1S/C11H15N3S/c1-12-11(15)14-13-9-5-8-10-6-3-2-4-7-10/h2-4,6-7,9H,5,8H2,1H3,(H2,12,14,15)/b13-9+. The lowest BCUT2D eigenvalue weighted by Gasteiger charge is -1.99. The van der Waals surface area contributed by atoms with Crippen LogP contribution in [0.25, 0.3) is 0 Å². The van der Waals surface area contributed by atoms with Crippen LogP contribution in [0.3, 0.4) is 0 Å². The maximum atomic E-state index is 4.86. The largest absolute Gasteiger partial charge is 0.364 e. The molecule has 0 aliphatic rings. The molecule has 0 saturated carbocycles. The van der Waals surface area contributed by atoms with Gasteiger partial charge in [-0.1, -0.05) is 30.3 Å². The van der Waals surface area contributed by atoms with Crippen LogP contribution in [0.15, 0.2) is 35.4 Å². The summed E-state index contributed by atoms with van der Waals surface area (Å²) < 4.78 is 0. The van der Waals surface area contributed by atoms with Crippen molar-refractivity contribution in [1.29, 1.82) is 0 Å². The summed E-state index contributed by atoms with van der Waals surface area (Å²) in [5.74, 6) is 0. The van der Waals surface area contributed by atoms with E-state index in [9.17, 15) is 0 Å². The maximum Gasteiger partial charge on any atom is 0.186 e. The normalized spacial score (nSPS) is 10.2. The first kappa shape index (κ1) is 11.7. The Bertz CT molecular complexity index is 322. The second-order valence-electron chi connectivity index (χ2n) is 3.03. The average molecular weight is 221 g/mol. The van der Waals surface area contributed by atoms with Crippen LogP contribution in [0.2, 0.25) is 0 Å². The minimum absolute atomic E-state index is 0.533. The Morgan fingerprint density at radius 3 is 2.80 bits per heavy atom. The van der Waals surface area contributed by atoms with Crippen molar-refractivity contribution in [3.05, 3.63) is 35.9 Å². The topological polar surface area (TPSA) is 36.4 Å². The number of aryl methyl sites for hydroxylation is 1. The summed E-state index contributed by atoms with van der Waals surface area (Å²) in [5.41, 5.74) is 4.03. The molecule has 0 aliphatic heterocycles. The van der Waals surface area contributed by atoms with Crippen LogP contribution in [0, 0.1) is 0 Å². The number of benzene rings is 1. The van der Waals surface area contributed by atoms with Crippen LogP contribution in [0.1, 0.15) is 12.0 Å². The second-order valence-corrected chi connectivity index (χ2v) is 3.44. The molecule has 0 amide bonds. The fourth-order valence-electron chi connectivity index (χ4n) is 1.10. The molecule has 0 spiro atoms. The van der Waals surface area contributed by atoms with Crippen molar-refractivity contribution in [3.8, 4) is 0 Å². The van der Waals surface area contributed by atoms with Gasteiger partial charge in [0.2, 0.25) is 0 Å². The third-order valence-corrected chi connectivity index (χ3v) is 2.18. The maximum absolute atomic E-state index is 4.86. The molecule has 0 unspecified atom stereocenters. The number of hydrogen-bond acceptors (Lipinski definition) is 2. The highest BCUT2D eigenvalue weighted by Crippen LogP contribution is 2.00. The van der Waals surface area contributed by atoms with Crippen LogP contribution in [0.5, 0.6) is 0 Å². The molecule has 80 valence electrons. The summed E-state index contributed by atoms with van der Waals surface area (Å²) in [6, 6.07) is 10.3. The average Bonchev–Trinajstić information content (AvgIpc) is 2.29. The Labute approximate surface area is 95.6 Å². The molecule has 1 aromatic rings. The summed E-state index contributed by atoms with van der Waals surface area (Å²) >= 11 is 4.86. The van der Waals surface area contributed by atoms with Gasteiger partial charge in [0.1, 0.15) is 0 Å². The van der Waals surface area contributed by atoms with Gasteiger partial charge in [0.15, 0.2) is 5.11 Å². The van der Waals surface area contributed by atoms with Gasteiger partial charge >= 0.3 is 0 Å². The first-order valence-electron chi connectivity index (χ1n) is 4.86. The van der Waals surface area contributed by atoms with E-state index in [4.69, 9.17) is 12.2 Å². The monoisotopic (exact) mass is 221 g/mol. The summed E-state index contributed by atoms with van der Waals surface area (Å²) in [6.45, 7) is 0. The Morgan fingerprint density at radius 1 is 1.40 bits per heavy atom. The lowest BCUT2D eigenvalue weighted by molar-refractivity contribution is 0.960. The Hall–Kier alpha value is -1.42. The van der Waals surface area contributed by atoms with Crippen molar-refractivity contribution in [2.24, 2.45) is 5.10 Å². The summed E-state index contributed by atoms with van der Waals surface area (Å²) in [6.07, 6.45) is 3.73. The molecule has 4 heteroatoms. The zero-order valence-corrected chi connectivity index (χ0v) is 9.55. The van der Waals surface area contributed by atoms with E-state index in [-0.39, 0.29) is 0 Å². The summed E-state index contributed by atoms with van der Waals surface area (Å²) in [5, 5.41) is 7.29. The van der Waals surface area contributed by atoms with Crippen molar-refractivity contribution >= 4 is 23.5 Å². The van der Waals surface area contributed by atoms with Crippen LogP contribution in [0.4, 0.5) is 0 Å². The van der Waals surface area contributed by atoms with Gasteiger partial charge in [-0.15, -0.1) is 0 Å². The lowest BCUT2D eigenvalue weighted by Crippen LogP contribution is -2.28. The van der Waals surface area contributed by atoms with Gasteiger partial charge in [0.05, 0.1) is 0 Å². The smallest absolute Gasteiger partial charge is 0.186 e. The molecule has 0 aliphatic carbocycles. The van der Waals surface area contributed by atoms with E-state index < -0.39 is 0 Å². The minimum Gasteiger partial charge on any atom is -0.364 e. The number of hydrazone groups is 1. The molecule has 0 fully saturated rings.